The Morgan fingerprint density at radius 2 is 1.97 bits per heavy atom. The lowest BCUT2D eigenvalue weighted by Crippen LogP contribution is -2.07. The molecule has 0 spiro atoms. The van der Waals surface area contributed by atoms with Gasteiger partial charge in [0, 0.05) is 29.7 Å². The van der Waals surface area contributed by atoms with Gasteiger partial charge in [-0.15, -0.1) is 0 Å². The summed E-state index contributed by atoms with van der Waals surface area (Å²) in [6, 6.07) is 20.6. The molecule has 1 aliphatic heterocycles. The molecule has 1 aliphatic carbocycles. The molecule has 2 aromatic heterocycles. The van der Waals surface area contributed by atoms with Gasteiger partial charge in [-0.05, 0) is 66.1 Å². The van der Waals surface area contributed by atoms with Gasteiger partial charge in [0.2, 0.25) is 0 Å². The average Bonchev–Trinajstić information content (AvgIpc) is 3.63. The van der Waals surface area contributed by atoms with E-state index in [1.165, 1.54) is 0 Å². The molecule has 8 heteroatoms. The molecule has 3 heterocycles. The van der Waals surface area contributed by atoms with Crippen molar-refractivity contribution in [1.29, 1.82) is 0 Å². The van der Waals surface area contributed by atoms with E-state index in [2.05, 4.69) is 52.0 Å². The number of H-pyrrole nitrogens is 1. The summed E-state index contributed by atoms with van der Waals surface area (Å²) in [5.74, 6) is 2.10. The Bertz CT molecular complexity index is 1810. The molecule has 7 nitrogen and oxygen atoms in total. The van der Waals surface area contributed by atoms with E-state index < -0.39 is 5.76 Å². The second-order valence-corrected chi connectivity index (χ2v) is 10.7. The summed E-state index contributed by atoms with van der Waals surface area (Å²) in [4.78, 5) is 19.6. The van der Waals surface area contributed by atoms with Gasteiger partial charge < -0.3 is 9.30 Å². The summed E-state index contributed by atoms with van der Waals surface area (Å²) >= 11 is 6.50. The fourth-order valence-electron chi connectivity index (χ4n) is 5.67. The molecular weight excluding hydrogens is 512 g/mol. The number of hydrogen-bond acceptors (Lipinski definition) is 5. The van der Waals surface area contributed by atoms with Gasteiger partial charge in [-0.25, -0.2) is 9.78 Å². The number of aromatic amines is 1. The maximum absolute atomic E-state index is 11.9. The Hall–Kier alpha value is -4.10. The molecule has 5 aromatic rings. The molecule has 1 N–H and O–H groups in total. The Kier molecular flexibility index (Phi) is 5.89. The van der Waals surface area contributed by atoms with Crippen LogP contribution in [-0.2, 0) is 19.6 Å². The molecule has 7 rings (SSSR count). The number of halogens is 1. The van der Waals surface area contributed by atoms with E-state index in [1.807, 2.05) is 30.3 Å². The second-order valence-electron chi connectivity index (χ2n) is 10.3. The lowest BCUT2D eigenvalue weighted by Gasteiger charge is -2.17. The van der Waals surface area contributed by atoms with Crippen LogP contribution >= 0.6 is 11.6 Å². The molecule has 1 fully saturated rings. The number of para-hydroxylation sites is 2. The zero-order chi connectivity index (χ0) is 26.5. The van der Waals surface area contributed by atoms with Crippen LogP contribution in [-0.4, -0.2) is 19.7 Å². The molecule has 2 aliphatic rings. The number of aromatic nitrogens is 4. The Morgan fingerprint density at radius 3 is 2.77 bits per heavy atom. The minimum Gasteiger partial charge on any atom is -0.488 e. The van der Waals surface area contributed by atoms with E-state index in [9.17, 15) is 4.79 Å². The lowest BCUT2D eigenvalue weighted by atomic mass is 9.87. The lowest BCUT2D eigenvalue weighted by molar-refractivity contribution is 0.307. The molecule has 196 valence electrons. The molecule has 1 saturated carbocycles. The molecular formula is C31H27ClN4O3. The fourth-order valence-corrected chi connectivity index (χ4v) is 5.88. The Balaban J connectivity index is 1.38. The number of nitrogens with one attached hydrogen (secondary N) is 1. The SMILES string of the molecule is CCCc1nc2c(Cl)cccc2n1Cc1ccc2c(c1)COc1ccccc1C2=C(c1noc(=O)[nH]1)C1CC1. The van der Waals surface area contributed by atoms with Gasteiger partial charge in [0.05, 0.1) is 10.5 Å². The monoisotopic (exact) mass is 538 g/mol. The maximum Gasteiger partial charge on any atom is 0.439 e. The van der Waals surface area contributed by atoms with Crippen LogP contribution < -0.4 is 10.5 Å². The number of fused-ring (bicyclic) bond motifs is 3. The maximum atomic E-state index is 11.9. The molecule has 0 radical (unpaired) electrons. The quantitative estimate of drug-likeness (QED) is 0.262. The minimum absolute atomic E-state index is 0.304. The summed E-state index contributed by atoms with van der Waals surface area (Å²) in [6.07, 6.45) is 3.96. The van der Waals surface area contributed by atoms with Crippen molar-refractivity contribution in [2.24, 2.45) is 5.92 Å². The summed E-state index contributed by atoms with van der Waals surface area (Å²) in [5.41, 5.74) is 8.26. The third-order valence-electron chi connectivity index (χ3n) is 7.55. The van der Waals surface area contributed by atoms with Crippen LogP contribution in [0.15, 0.2) is 70.0 Å². The highest BCUT2D eigenvalue weighted by atomic mass is 35.5. The number of nitrogens with zero attached hydrogens (tertiary/aromatic N) is 3. The van der Waals surface area contributed by atoms with Crippen LogP contribution in [0.3, 0.4) is 0 Å². The van der Waals surface area contributed by atoms with Gasteiger partial charge in [0.15, 0.2) is 5.82 Å². The predicted molar refractivity (Wildman–Crippen MR) is 151 cm³/mol. The number of benzene rings is 3. The van der Waals surface area contributed by atoms with Gasteiger partial charge in [0.1, 0.15) is 23.7 Å². The molecule has 0 saturated heterocycles. The van der Waals surface area contributed by atoms with Crippen molar-refractivity contribution in [3.05, 3.63) is 110 Å². The highest BCUT2D eigenvalue weighted by Gasteiger charge is 2.35. The Labute approximate surface area is 230 Å². The summed E-state index contributed by atoms with van der Waals surface area (Å²) in [7, 11) is 0. The van der Waals surface area contributed by atoms with Crippen LogP contribution in [0.25, 0.3) is 22.2 Å². The number of allylic oxidation sites excluding steroid dienone is 1. The number of rotatable bonds is 6. The highest BCUT2D eigenvalue weighted by Crippen LogP contribution is 2.49. The van der Waals surface area contributed by atoms with Crippen molar-refractivity contribution in [2.45, 2.75) is 45.8 Å². The summed E-state index contributed by atoms with van der Waals surface area (Å²) in [6.45, 7) is 3.28. The Morgan fingerprint density at radius 1 is 1.10 bits per heavy atom. The first-order valence-corrected chi connectivity index (χ1v) is 13.8. The zero-order valence-electron chi connectivity index (χ0n) is 21.5. The molecule has 0 bridgehead atoms. The first kappa shape index (κ1) is 24.0. The molecule has 0 atom stereocenters. The van der Waals surface area contributed by atoms with Gasteiger partial charge in [-0.2, -0.15) is 0 Å². The fraction of sp³-hybridized carbons (Fsp3) is 0.258. The van der Waals surface area contributed by atoms with E-state index in [1.54, 1.807) is 0 Å². The van der Waals surface area contributed by atoms with Crippen LogP contribution in [0.4, 0.5) is 0 Å². The van der Waals surface area contributed by atoms with E-state index >= 15 is 0 Å². The van der Waals surface area contributed by atoms with Crippen molar-refractivity contribution in [3.63, 3.8) is 0 Å². The number of ether oxygens (including phenoxy) is 1. The topological polar surface area (TPSA) is 85.9 Å². The number of aryl methyl sites for hydroxylation is 1. The van der Waals surface area contributed by atoms with E-state index in [0.717, 1.165) is 81.7 Å². The number of hydrogen-bond donors (Lipinski definition) is 1. The van der Waals surface area contributed by atoms with E-state index in [4.69, 9.17) is 25.8 Å². The van der Waals surface area contributed by atoms with Crippen LogP contribution in [0, 0.1) is 5.92 Å². The van der Waals surface area contributed by atoms with Crippen molar-refractivity contribution in [3.8, 4) is 5.75 Å². The van der Waals surface area contributed by atoms with Crippen molar-refractivity contribution in [2.75, 3.05) is 0 Å². The zero-order valence-corrected chi connectivity index (χ0v) is 22.3. The molecule has 0 amide bonds. The van der Waals surface area contributed by atoms with Crippen molar-refractivity contribution < 1.29 is 9.26 Å². The molecule has 3 aromatic carbocycles. The average molecular weight is 539 g/mol. The largest absolute Gasteiger partial charge is 0.488 e. The van der Waals surface area contributed by atoms with Gasteiger partial charge in [-0.1, -0.05) is 60.1 Å². The van der Waals surface area contributed by atoms with Crippen LogP contribution in [0.5, 0.6) is 5.75 Å². The third-order valence-corrected chi connectivity index (χ3v) is 7.86. The van der Waals surface area contributed by atoms with Crippen molar-refractivity contribution >= 4 is 33.8 Å². The second kappa shape index (κ2) is 9.58. The summed E-state index contributed by atoms with van der Waals surface area (Å²) in [5, 5.41) is 4.77. The summed E-state index contributed by atoms with van der Waals surface area (Å²) < 4.78 is 13.5. The smallest absolute Gasteiger partial charge is 0.439 e. The molecule has 0 unspecified atom stereocenters. The standard InChI is InChI=1S/C31H27ClN4O3/c1-2-6-26-33-29-23(32)8-5-9-24(29)36(26)16-18-11-14-21-20(15-18)17-38-25-10-4-3-7-22(25)28(21)27(19-12-13-19)30-34-31(37)39-35-30/h3-5,7-11,14-15,19H,2,6,12-13,16-17H2,1H3,(H,34,35,37). The first-order chi connectivity index (χ1) is 19.1. The number of imidazole rings is 1. The third kappa shape index (κ3) is 4.27. The van der Waals surface area contributed by atoms with Gasteiger partial charge in [-0.3, -0.25) is 9.51 Å². The van der Waals surface area contributed by atoms with Crippen LogP contribution in [0.2, 0.25) is 5.02 Å². The van der Waals surface area contributed by atoms with Crippen LogP contribution in [0.1, 0.15) is 60.1 Å². The first-order valence-electron chi connectivity index (χ1n) is 13.4. The molecule has 39 heavy (non-hydrogen) atoms. The highest BCUT2D eigenvalue weighted by molar-refractivity contribution is 6.34. The van der Waals surface area contributed by atoms with Crippen molar-refractivity contribution in [1.82, 2.24) is 19.7 Å². The minimum atomic E-state index is -0.548. The van der Waals surface area contributed by atoms with Gasteiger partial charge in [0.25, 0.3) is 0 Å². The normalized spacial score (nSPS) is 15.9. The predicted octanol–water partition coefficient (Wildman–Crippen LogP) is 6.63. The van der Waals surface area contributed by atoms with Gasteiger partial charge >= 0.3 is 5.76 Å². The van der Waals surface area contributed by atoms with E-state index in [0.29, 0.717) is 29.9 Å². The van der Waals surface area contributed by atoms with E-state index in [-0.39, 0.29) is 0 Å².